The van der Waals surface area contributed by atoms with E-state index in [2.05, 4.69) is 15.4 Å². The summed E-state index contributed by atoms with van der Waals surface area (Å²) in [5, 5.41) is 7.53. The third kappa shape index (κ3) is 2.88. The Balaban J connectivity index is 2.07. The summed E-state index contributed by atoms with van der Waals surface area (Å²) < 4.78 is 1.46. The van der Waals surface area contributed by atoms with E-state index in [9.17, 15) is 4.79 Å². The van der Waals surface area contributed by atoms with Crippen LogP contribution in [0.3, 0.4) is 0 Å². The Labute approximate surface area is 128 Å². The van der Waals surface area contributed by atoms with Crippen molar-refractivity contribution >= 4 is 11.4 Å². The van der Waals surface area contributed by atoms with E-state index < -0.39 is 0 Å². The van der Waals surface area contributed by atoms with Crippen LogP contribution in [0, 0.1) is 0 Å². The van der Waals surface area contributed by atoms with Crippen molar-refractivity contribution in [2.24, 2.45) is 0 Å². The molecule has 3 aromatic rings. The second-order valence-electron chi connectivity index (χ2n) is 4.80. The van der Waals surface area contributed by atoms with Gasteiger partial charge in [0.15, 0.2) is 0 Å². The SMILES string of the molecule is CCn1nc(-c2ccccc2)cc(Nc2cccnc2)c1=O. The average molecular weight is 292 g/mol. The number of nitrogens with zero attached hydrogens (tertiary/aromatic N) is 3. The molecule has 0 bridgehead atoms. The van der Waals surface area contributed by atoms with Gasteiger partial charge in [-0.1, -0.05) is 30.3 Å². The van der Waals surface area contributed by atoms with Gasteiger partial charge in [0.25, 0.3) is 5.56 Å². The lowest BCUT2D eigenvalue weighted by molar-refractivity contribution is 0.621. The lowest BCUT2D eigenvalue weighted by Crippen LogP contribution is -2.24. The quantitative estimate of drug-likeness (QED) is 0.803. The molecular weight excluding hydrogens is 276 g/mol. The van der Waals surface area contributed by atoms with Gasteiger partial charge in [-0.05, 0) is 25.1 Å². The van der Waals surface area contributed by atoms with Crippen LogP contribution in [-0.4, -0.2) is 14.8 Å². The molecule has 5 nitrogen and oxygen atoms in total. The number of anilines is 2. The van der Waals surface area contributed by atoms with Crippen molar-refractivity contribution < 1.29 is 0 Å². The van der Waals surface area contributed by atoms with Crippen LogP contribution in [-0.2, 0) is 6.54 Å². The zero-order chi connectivity index (χ0) is 15.4. The molecule has 0 aliphatic rings. The molecule has 0 radical (unpaired) electrons. The zero-order valence-corrected chi connectivity index (χ0v) is 12.2. The summed E-state index contributed by atoms with van der Waals surface area (Å²) in [5.41, 5.74) is 2.84. The smallest absolute Gasteiger partial charge is 0.290 e. The van der Waals surface area contributed by atoms with Gasteiger partial charge in [0.2, 0.25) is 0 Å². The van der Waals surface area contributed by atoms with Gasteiger partial charge in [0.1, 0.15) is 5.69 Å². The van der Waals surface area contributed by atoms with Crippen molar-refractivity contribution in [2.75, 3.05) is 5.32 Å². The van der Waals surface area contributed by atoms with Crippen LogP contribution < -0.4 is 10.9 Å². The van der Waals surface area contributed by atoms with Gasteiger partial charge < -0.3 is 5.32 Å². The van der Waals surface area contributed by atoms with Gasteiger partial charge in [-0.15, -0.1) is 0 Å². The van der Waals surface area contributed by atoms with Crippen LogP contribution in [0.25, 0.3) is 11.3 Å². The highest BCUT2D eigenvalue weighted by Gasteiger charge is 2.09. The van der Waals surface area contributed by atoms with Crippen molar-refractivity contribution in [3.8, 4) is 11.3 Å². The first-order valence-electron chi connectivity index (χ1n) is 7.12. The van der Waals surface area contributed by atoms with E-state index in [4.69, 9.17) is 0 Å². The first kappa shape index (κ1) is 14.0. The fourth-order valence-corrected chi connectivity index (χ4v) is 2.19. The van der Waals surface area contributed by atoms with Crippen LogP contribution in [0.2, 0.25) is 0 Å². The molecule has 2 aromatic heterocycles. The molecule has 5 heteroatoms. The topological polar surface area (TPSA) is 59.8 Å². The average Bonchev–Trinajstić information content (AvgIpc) is 2.58. The third-order valence-electron chi connectivity index (χ3n) is 3.28. The fourth-order valence-electron chi connectivity index (χ4n) is 2.19. The monoisotopic (exact) mass is 292 g/mol. The van der Waals surface area contributed by atoms with Crippen LogP contribution in [0.1, 0.15) is 6.92 Å². The first-order valence-corrected chi connectivity index (χ1v) is 7.12. The van der Waals surface area contributed by atoms with Crippen molar-refractivity contribution in [2.45, 2.75) is 13.5 Å². The number of nitrogens with one attached hydrogen (secondary N) is 1. The second kappa shape index (κ2) is 6.22. The largest absolute Gasteiger partial charge is 0.350 e. The number of hydrogen-bond acceptors (Lipinski definition) is 4. The van der Waals surface area contributed by atoms with E-state index in [1.165, 1.54) is 4.68 Å². The Morgan fingerprint density at radius 1 is 1.14 bits per heavy atom. The number of aryl methyl sites for hydroxylation is 1. The van der Waals surface area contributed by atoms with E-state index in [1.54, 1.807) is 18.5 Å². The normalized spacial score (nSPS) is 10.4. The van der Waals surface area contributed by atoms with E-state index >= 15 is 0 Å². The molecule has 0 atom stereocenters. The molecule has 0 unspecified atom stereocenters. The molecule has 0 aliphatic heterocycles. The molecule has 0 amide bonds. The van der Waals surface area contributed by atoms with Gasteiger partial charge in [-0.3, -0.25) is 9.78 Å². The maximum atomic E-state index is 12.4. The second-order valence-corrected chi connectivity index (χ2v) is 4.80. The maximum absolute atomic E-state index is 12.4. The zero-order valence-electron chi connectivity index (χ0n) is 12.2. The molecule has 0 aliphatic carbocycles. The summed E-state index contributed by atoms with van der Waals surface area (Å²) in [7, 11) is 0. The molecule has 110 valence electrons. The van der Waals surface area contributed by atoms with Crippen LogP contribution in [0.15, 0.2) is 65.7 Å². The fraction of sp³-hybridized carbons (Fsp3) is 0.118. The summed E-state index contributed by atoms with van der Waals surface area (Å²) in [6, 6.07) is 15.3. The van der Waals surface area contributed by atoms with Gasteiger partial charge in [0.05, 0.1) is 17.6 Å². The molecular formula is C17H16N4O. The van der Waals surface area contributed by atoms with E-state index in [1.807, 2.05) is 49.4 Å². The molecule has 3 rings (SSSR count). The minimum absolute atomic E-state index is 0.147. The molecule has 1 aromatic carbocycles. The molecule has 2 heterocycles. The predicted octanol–water partition coefficient (Wildman–Crippen LogP) is 3.07. The first-order chi connectivity index (χ1) is 10.8. The summed E-state index contributed by atoms with van der Waals surface area (Å²) in [4.78, 5) is 16.5. The van der Waals surface area contributed by atoms with E-state index in [-0.39, 0.29) is 5.56 Å². The highest BCUT2D eigenvalue weighted by Crippen LogP contribution is 2.19. The lowest BCUT2D eigenvalue weighted by atomic mass is 10.1. The predicted molar refractivity (Wildman–Crippen MR) is 87.1 cm³/mol. The van der Waals surface area contributed by atoms with Crippen molar-refractivity contribution in [3.63, 3.8) is 0 Å². The Kier molecular flexibility index (Phi) is 3.96. The minimum atomic E-state index is -0.147. The van der Waals surface area contributed by atoms with Gasteiger partial charge in [0, 0.05) is 18.3 Å². The number of aromatic nitrogens is 3. The van der Waals surface area contributed by atoms with Crippen molar-refractivity contribution in [1.29, 1.82) is 0 Å². The van der Waals surface area contributed by atoms with Gasteiger partial charge >= 0.3 is 0 Å². The number of benzene rings is 1. The van der Waals surface area contributed by atoms with Gasteiger partial charge in [-0.25, -0.2) is 4.68 Å². The Morgan fingerprint density at radius 3 is 2.64 bits per heavy atom. The van der Waals surface area contributed by atoms with E-state index in [0.717, 1.165) is 16.9 Å². The standard InChI is InChI=1S/C17H16N4O/c1-2-21-17(22)16(19-14-9-6-10-18-12-14)11-15(20-21)13-7-4-3-5-8-13/h3-12,19H,2H2,1H3. The van der Waals surface area contributed by atoms with Crippen molar-refractivity contribution in [3.05, 3.63) is 71.3 Å². The van der Waals surface area contributed by atoms with Crippen LogP contribution in [0.4, 0.5) is 11.4 Å². The maximum Gasteiger partial charge on any atom is 0.290 e. The lowest BCUT2D eigenvalue weighted by Gasteiger charge is -2.11. The number of hydrogen-bond donors (Lipinski definition) is 1. The Morgan fingerprint density at radius 2 is 1.95 bits per heavy atom. The summed E-state index contributed by atoms with van der Waals surface area (Å²) in [6.07, 6.45) is 3.37. The molecule has 0 saturated carbocycles. The number of pyridine rings is 1. The molecule has 22 heavy (non-hydrogen) atoms. The summed E-state index contributed by atoms with van der Waals surface area (Å²) in [6.45, 7) is 2.41. The molecule has 0 saturated heterocycles. The molecule has 0 spiro atoms. The minimum Gasteiger partial charge on any atom is -0.350 e. The van der Waals surface area contributed by atoms with Gasteiger partial charge in [-0.2, -0.15) is 5.10 Å². The Bertz CT molecular complexity index is 813. The van der Waals surface area contributed by atoms with Crippen LogP contribution >= 0.6 is 0 Å². The molecule has 0 fully saturated rings. The summed E-state index contributed by atoms with van der Waals surface area (Å²) >= 11 is 0. The highest BCUT2D eigenvalue weighted by atomic mass is 16.1. The Hall–Kier alpha value is -2.95. The number of rotatable bonds is 4. The third-order valence-corrected chi connectivity index (χ3v) is 3.28. The van der Waals surface area contributed by atoms with Crippen molar-refractivity contribution in [1.82, 2.24) is 14.8 Å². The summed E-state index contributed by atoms with van der Waals surface area (Å²) in [5.74, 6) is 0. The molecule has 1 N–H and O–H groups in total. The highest BCUT2D eigenvalue weighted by molar-refractivity contribution is 5.66. The van der Waals surface area contributed by atoms with Crippen LogP contribution in [0.5, 0.6) is 0 Å². The van der Waals surface area contributed by atoms with E-state index in [0.29, 0.717) is 12.2 Å².